The van der Waals surface area contributed by atoms with Crippen LogP contribution in [0, 0.1) is 0 Å². The van der Waals surface area contributed by atoms with Crippen LogP contribution in [-0.4, -0.2) is 19.2 Å². The SMILES string of the molecule is O=c1n(Cc2cc3ccccc3nc2Cl)nc2ccccn12. The first-order valence-electron chi connectivity index (χ1n) is 6.81. The van der Waals surface area contributed by atoms with Gasteiger partial charge in [0.2, 0.25) is 0 Å². The highest BCUT2D eigenvalue weighted by atomic mass is 35.5. The van der Waals surface area contributed by atoms with Crippen molar-refractivity contribution in [2.24, 2.45) is 0 Å². The molecule has 4 rings (SSSR count). The Morgan fingerprint density at radius 2 is 1.91 bits per heavy atom. The Balaban J connectivity index is 1.83. The minimum Gasteiger partial charge on any atom is -0.250 e. The van der Waals surface area contributed by atoms with Crippen LogP contribution in [0.1, 0.15) is 5.56 Å². The molecule has 0 radical (unpaired) electrons. The third-order valence-corrected chi connectivity index (χ3v) is 3.89. The maximum Gasteiger partial charge on any atom is 0.350 e. The molecule has 0 spiro atoms. The van der Waals surface area contributed by atoms with E-state index in [1.165, 1.54) is 9.08 Å². The lowest BCUT2D eigenvalue weighted by molar-refractivity contribution is 0.658. The number of fused-ring (bicyclic) bond motifs is 2. The van der Waals surface area contributed by atoms with E-state index in [4.69, 9.17) is 11.6 Å². The normalized spacial score (nSPS) is 11.3. The van der Waals surface area contributed by atoms with Gasteiger partial charge in [-0.05, 0) is 24.3 Å². The van der Waals surface area contributed by atoms with Crippen LogP contribution in [0.5, 0.6) is 0 Å². The van der Waals surface area contributed by atoms with E-state index in [0.717, 1.165) is 16.5 Å². The third-order valence-electron chi connectivity index (χ3n) is 3.56. The molecule has 1 aromatic carbocycles. The molecule has 0 aliphatic rings. The fraction of sp³-hybridized carbons (Fsp3) is 0.0625. The van der Waals surface area contributed by atoms with Crippen LogP contribution in [0.4, 0.5) is 0 Å². The maximum absolute atomic E-state index is 12.3. The lowest BCUT2D eigenvalue weighted by atomic mass is 10.1. The summed E-state index contributed by atoms with van der Waals surface area (Å²) in [4.78, 5) is 16.7. The largest absolute Gasteiger partial charge is 0.350 e. The van der Waals surface area contributed by atoms with Gasteiger partial charge in [-0.15, -0.1) is 5.10 Å². The number of aromatic nitrogens is 4. The van der Waals surface area contributed by atoms with Crippen molar-refractivity contribution in [3.63, 3.8) is 0 Å². The number of rotatable bonds is 2. The van der Waals surface area contributed by atoms with Crippen LogP contribution in [0.3, 0.4) is 0 Å². The number of hydrogen-bond donors (Lipinski definition) is 0. The molecule has 22 heavy (non-hydrogen) atoms. The molecule has 0 aliphatic carbocycles. The second-order valence-electron chi connectivity index (χ2n) is 5.00. The molecular formula is C16H11ClN4O. The van der Waals surface area contributed by atoms with Crippen LogP contribution >= 0.6 is 11.6 Å². The summed E-state index contributed by atoms with van der Waals surface area (Å²) >= 11 is 6.24. The molecule has 3 heterocycles. The molecule has 0 saturated carbocycles. The molecule has 6 heteroatoms. The summed E-state index contributed by atoms with van der Waals surface area (Å²) in [6.07, 6.45) is 1.70. The van der Waals surface area contributed by atoms with Crippen LogP contribution in [0.15, 0.2) is 59.5 Å². The molecule has 0 aliphatic heterocycles. The molecule has 4 aromatic rings. The van der Waals surface area contributed by atoms with Gasteiger partial charge in [0.05, 0.1) is 12.1 Å². The molecule has 0 fully saturated rings. The molecule has 5 nitrogen and oxygen atoms in total. The van der Waals surface area contributed by atoms with E-state index in [-0.39, 0.29) is 12.2 Å². The van der Waals surface area contributed by atoms with Crippen molar-refractivity contribution in [2.45, 2.75) is 6.54 Å². The summed E-state index contributed by atoms with van der Waals surface area (Å²) in [5, 5.41) is 5.69. The number of pyridine rings is 2. The number of nitrogens with zero attached hydrogens (tertiary/aromatic N) is 4. The first-order valence-corrected chi connectivity index (χ1v) is 7.18. The van der Waals surface area contributed by atoms with Crippen molar-refractivity contribution in [3.05, 3.63) is 75.9 Å². The zero-order chi connectivity index (χ0) is 15.1. The van der Waals surface area contributed by atoms with Gasteiger partial charge in [-0.2, -0.15) is 0 Å². The van der Waals surface area contributed by atoms with Gasteiger partial charge in [0.1, 0.15) is 5.15 Å². The van der Waals surface area contributed by atoms with E-state index >= 15 is 0 Å². The highest BCUT2D eigenvalue weighted by Crippen LogP contribution is 2.20. The van der Waals surface area contributed by atoms with Gasteiger partial charge >= 0.3 is 5.69 Å². The summed E-state index contributed by atoms with van der Waals surface area (Å²) in [6.45, 7) is 0.289. The Morgan fingerprint density at radius 3 is 2.77 bits per heavy atom. The number of halogens is 1. The number of hydrogen-bond acceptors (Lipinski definition) is 3. The topological polar surface area (TPSA) is 52.2 Å². The van der Waals surface area contributed by atoms with E-state index < -0.39 is 0 Å². The fourth-order valence-electron chi connectivity index (χ4n) is 2.48. The molecule has 0 bridgehead atoms. The molecule has 3 aromatic heterocycles. The number of para-hydroxylation sites is 1. The highest BCUT2D eigenvalue weighted by molar-refractivity contribution is 6.30. The van der Waals surface area contributed by atoms with Gasteiger partial charge in [-0.1, -0.05) is 35.9 Å². The quantitative estimate of drug-likeness (QED) is 0.535. The Bertz CT molecular complexity index is 1050. The summed E-state index contributed by atoms with van der Waals surface area (Å²) in [7, 11) is 0. The van der Waals surface area contributed by atoms with Gasteiger partial charge in [0, 0.05) is 17.1 Å². The zero-order valence-corrected chi connectivity index (χ0v) is 12.2. The van der Waals surface area contributed by atoms with E-state index in [2.05, 4.69) is 10.1 Å². The van der Waals surface area contributed by atoms with Crippen LogP contribution in [0.25, 0.3) is 16.6 Å². The fourth-order valence-corrected chi connectivity index (χ4v) is 2.68. The van der Waals surface area contributed by atoms with Crippen molar-refractivity contribution < 1.29 is 0 Å². The predicted octanol–water partition coefficient (Wildman–Crippen LogP) is 2.75. The molecular weight excluding hydrogens is 300 g/mol. The molecule has 0 amide bonds. The van der Waals surface area contributed by atoms with Crippen molar-refractivity contribution >= 4 is 28.2 Å². The zero-order valence-electron chi connectivity index (χ0n) is 11.5. The van der Waals surface area contributed by atoms with Crippen molar-refractivity contribution in [1.29, 1.82) is 0 Å². The van der Waals surface area contributed by atoms with Gasteiger partial charge in [0.15, 0.2) is 5.65 Å². The van der Waals surface area contributed by atoms with Crippen molar-refractivity contribution in [1.82, 2.24) is 19.2 Å². The molecule has 0 unspecified atom stereocenters. The Morgan fingerprint density at radius 1 is 1.09 bits per heavy atom. The molecule has 108 valence electrons. The Hall–Kier alpha value is -2.66. The van der Waals surface area contributed by atoms with Crippen LogP contribution < -0.4 is 5.69 Å². The van der Waals surface area contributed by atoms with Crippen molar-refractivity contribution in [2.75, 3.05) is 0 Å². The Labute approximate surface area is 130 Å². The van der Waals surface area contributed by atoms with E-state index in [0.29, 0.717) is 10.8 Å². The summed E-state index contributed by atoms with van der Waals surface area (Å²) in [5.41, 5.74) is 2.02. The van der Waals surface area contributed by atoms with Crippen LogP contribution in [-0.2, 0) is 6.54 Å². The van der Waals surface area contributed by atoms with Gasteiger partial charge in [0.25, 0.3) is 0 Å². The number of benzene rings is 1. The average molecular weight is 311 g/mol. The average Bonchev–Trinajstić information content (AvgIpc) is 2.85. The summed E-state index contributed by atoms with van der Waals surface area (Å²) in [5.74, 6) is 0. The monoisotopic (exact) mass is 310 g/mol. The van der Waals surface area contributed by atoms with E-state index in [1.54, 1.807) is 18.3 Å². The summed E-state index contributed by atoms with van der Waals surface area (Å²) in [6, 6.07) is 15.1. The minimum absolute atomic E-state index is 0.195. The van der Waals surface area contributed by atoms with E-state index in [1.807, 2.05) is 36.4 Å². The second-order valence-corrected chi connectivity index (χ2v) is 5.36. The van der Waals surface area contributed by atoms with Gasteiger partial charge in [-0.3, -0.25) is 4.40 Å². The van der Waals surface area contributed by atoms with Crippen molar-refractivity contribution in [3.8, 4) is 0 Å². The predicted molar refractivity (Wildman–Crippen MR) is 85.3 cm³/mol. The second kappa shape index (κ2) is 4.96. The molecule has 0 saturated heterocycles. The minimum atomic E-state index is -0.195. The molecule has 0 atom stereocenters. The third kappa shape index (κ3) is 2.07. The Kier molecular flexibility index (Phi) is 2.94. The van der Waals surface area contributed by atoms with Gasteiger partial charge < -0.3 is 0 Å². The lowest BCUT2D eigenvalue weighted by Crippen LogP contribution is -2.21. The maximum atomic E-state index is 12.3. The first-order chi connectivity index (χ1) is 10.7. The first kappa shape index (κ1) is 13.0. The standard InChI is InChI=1S/C16H11ClN4O/c17-15-12(9-11-5-1-2-6-13(11)18-15)10-21-16(22)20-8-4-3-7-14(20)19-21/h1-9H,10H2. The smallest absolute Gasteiger partial charge is 0.250 e. The highest BCUT2D eigenvalue weighted by Gasteiger charge is 2.10. The molecule has 0 N–H and O–H groups in total. The van der Waals surface area contributed by atoms with Gasteiger partial charge in [-0.25, -0.2) is 14.5 Å². The van der Waals surface area contributed by atoms with E-state index in [9.17, 15) is 4.79 Å². The lowest BCUT2D eigenvalue weighted by Gasteiger charge is -2.05. The summed E-state index contributed by atoms with van der Waals surface area (Å²) < 4.78 is 2.90. The van der Waals surface area contributed by atoms with Crippen LogP contribution in [0.2, 0.25) is 5.15 Å².